The number of amides is 2. The van der Waals surface area contributed by atoms with E-state index in [9.17, 15) is 9.59 Å². The summed E-state index contributed by atoms with van der Waals surface area (Å²) in [5.41, 5.74) is 6.82. The average molecular weight is 413 g/mol. The summed E-state index contributed by atoms with van der Waals surface area (Å²) in [5, 5.41) is 6.73. The first kappa shape index (κ1) is 19.4. The van der Waals surface area contributed by atoms with E-state index in [-0.39, 0.29) is 23.6 Å². The molecule has 0 bridgehead atoms. The number of fused-ring (bicyclic) bond motifs is 1. The molecule has 4 N–H and O–H groups in total. The Morgan fingerprint density at radius 1 is 1.07 bits per heavy atom. The highest BCUT2D eigenvalue weighted by Gasteiger charge is 2.28. The number of hydrogen-bond acceptors (Lipinski definition) is 5. The van der Waals surface area contributed by atoms with E-state index in [0.29, 0.717) is 27.5 Å². The summed E-state index contributed by atoms with van der Waals surface area (Å²) < 4.78 is 5.76. The van der Waals surface area contributed by atoms with Crippen LogP contribution < -0.4 is 16.4 Å². The normalized spacial score (nSPS) is 19.1. The first-order chi connectivity index (χ1) is 14.0. The lowest BCUT2D eigenvalue weighted by atomic mass is 9.86. The van der Waals surface area contributed by atoms with Crippen LogP contribution in [0.5, 0.6) is 0 Å². The molecule has 2 heterocycles. The molecule has 29 heavy (non-hydrogen) atoms. The van der Waals surface area contributed by atoms with Crippen LogP contribution >= 0.6 is 11.6 Å². The third-order valence-electron chi connectivity index (χ3n) is 5.16. The first-order valence-electron chi connectivity index (χ1n) is 9.52. The van der Waals surface area contributed by atoms with E-state index in [1.54, 1.807) is 18.2 Å². The number of nitrogens with zero attached hydrogens (tertiary/aromatic N) is 1. The van der Waals surface area contributed by atoms with Crippen molar-refractivity contribution in [3.8, 4) is 0 Å². The van der Waals surface area contributed by atoms with E-state index < -0.39 is 5.91 Å². The van der Waals surface area contributed by atoms with Crippen LogP contribution in [0.2, 0.25) is 5.02 Å². The van der Waals surface area contributed by atoms with Crippen LogP contribution in [-0.2, 0) is 4.79 Å². The summed E-state index contributed by atoms with van der Waals surface area (Å²) in [6.07, 6.45) is 4.55. The number of furan rings is 1. The van der Waals surface area contributed by atoms with Crippen molar-refractivity contribution >= 4 is 45.9 Å². The summed E-state index contributed by atoms with van der Waals surface area (Å²) in [5.74, 6) is -0.390. The number of rotatable bonds is 4. The predicted octanol–water partition coefficient (Wildman–Crippen LogP) is 4.19. The van der Waals surface area contributed by atoms with E-state index in [0.717, 1.165) is 25.7 Å². The fourth-order valence-electron chi connectivity index (χ4n) is 3.56. The maximum atomic E-state index is 12.8. The van der Waals surface area contributed by atoms with E-state index >= 15 is 0 Å². The van der Waals surface area contributed by atoms with Gasteiger partial charge in [0.1, 0.15) is 17.1 Å². The predicted molar refractivity (Wildman–Crippen MR) is 112 cm³/mol. The average Bonchev–Trinajstić information content (AvgIpc) is 3.09. The van der Waals surface area contributed by atoms with Crippen LogP contribution in [0, 0.1) is 5.92 Å². The number of aromatic nitrogens is 1. The van der Waals surface area contributed by atoms with Gasteiger partial charge < -0.3 is 20.8 Å². The topological polar surface area (TPSA) is 110 Å². The molecule has 150 valence electrons. The fourth-order valence-corrected chi connectivity index (χ4v) is 3.67. The first-order valence-corrected chi connectivity index (χ1v) is 9.90. The molecule has 7 nitrogen and oxygen atoms in total. The van der Waals surface area contributed by atoms with E-state index in [4.69, 9.17) is 21.8 Å². The van der Waals surface area contributed by atoms with E-state index in [1.165, 1.54) is 6.20 Å². The molecule has 1 aliphatic rings. The fraction of sp³-hybridized carbons (Fsp3) is 0.286. The molecule has 0 atom stereocenters. The molecular formula is C21H21ClN4O3. The molecule has 2 aromatic heterocycles. The summed E-state index contributed by atoms with van der Waals surface area (Å²) >= 11 is 5.83. The molecule has 1 fully saturated rings. The van der Waals surface area contributed by atoms with Gasteiger partial charge in [-0.1, -0.05) is 23.7 Å². The number of hydrogen-bond donors (Lipinski definition) is 3. The Morgan fingerprint density at radius 2 is 1.83 bits per heavy atom. The third-order valence-corrected chi connectivity index (χ3v) is 5.39. The number of carbonyl (C=O) groups is 2. The highest BCUT2D eigenvalue weighted by molar-refractivity contribution is 6.30. The largest absolute Gasteiger partial charge is 0.449 e. The Kier molecular flexibility index (Phi) is 5.51. The zero-order valence-corrected chi connectivity index (χ0v) is 16.4. The summed E-state index contributed by atoms with van der Waals surface area (Å²) in [6.45, 7) is 0. The number of halogens is 1. The molecule has 1 aliphatic carbocycles. The molecule has 0 saturated heterocycles. The lowest BCUT2D eigenvalue weighted by Gasteiger charge is -2.25. The number of benzene rings is 1. The highest BCUT2D eigenvalue weighted by atomic mass is 35.5. The van der Waals surface area contributed by atoms with E-state index in [2.05, 4.69) is 15.6 Å². The summed E-state index contributed by atoms with van der Waals surface area (Å²) in [4.78, 5) is 29.7. The molecule has 3 aromatic rings. The van der Waals surface area contributed by atoms with Crippen LogP contribution in [0.1, 0.15) is 36.2 Å². The Hall–Kier alpha value is -2.90. The minimum absolute atomic E-state index is 0.0313. The Balaban J connectivity index is 1.61. The standard InChI is InChI=1S/C21H21ClN4O3/c22-13-7-10-17(24-11-13)25-21(28)19-18(15-3-1-2-4-16(15)29-19)26-20(27)12-5-8-14(23)9-6-12/h1-4,7,10-12,14H,5-6,8-9,23H2,(H,26,27)(H,24,25,28)/t12-,14-. The van der Waals surface area contributed by atoms with Crippen molar-refractivity contribution in [2.45, 2.75) is 31.7 Å². The molecular weight excluding hydrogens is 392 g/mol. The second-order valence-electron chi connectivity index (χ2n) is 7.22. The highest BCUT2D eigenvalue weighted by Crippen LogP contribution is 2.33. The molecule has 0 spiro atoms. The van der Waals surface area contributed by atoms with Crippen molar-refractivity contribution in [1.29, 1.82) is 0 Å². The lowest BCUT2D eigenvalue weighted by Crippen LogP contribution is -2.32. The van der Waals surface area contributed by atoms with Crippen molar-refractivity contribution < 1.29 is 14.0 Å². The van der Waals surface area contributed by atoms with Crippen molar-refractivity contribution in [1.82, 2.24) is 4.98 Å². The molecule has 1 aromatic carbocycles. The zero-order chi connectivity index (χ0) is 20.4. The maximum Gasteiger partial charge on any atom is 0.294 e. The number of para-hydroxylation sites is 1. The Labute approximate surface area is 172 Å². The zero-order valence-electron chi connectivity index (χ0n) is 15.7. The van der Waals surface area contributed by atoms with Gasteiger partial charge in [0.25, 0.3) is 5.91 Å². The minimum Gasteiger partial charge on any atom is -0.449 e. The molecule has 1 saturated carbocycles. The van der Waals surface area contributed by atoms with Gasteiger partial charge in [0, 0.05) is 23.5 Å². The van der Waals surface area contributed by atoms with Gasteiger partial charge in [-0.15, -0.1) is 0 Å². The Bertz CT molecular complexity index is 1040. The molecule has 0 radical (unpaired) electrons. The van der Waals surface area contributed by atoms with Gasteiger partial charge in [-0.25, -0.2) is 4.98 Å². The molecule has 2 amide bonds. The van der Waals surface area contributed by atoms with Crippen molar-refractivity contribution in [3.05, 3.63) is 53.4 Å². The van der Waals surface area contributed by atoms with Gasteiger partial charge in [0.05, 0.1) is 5.02 Å². The van der Waals surface area contributed by atoms with Gasteiger partial charge in [-0.3, -0.25) is 9.59 Å². The van der Waals surface area contributed by atoms with Crippen LogP contribution in [0.4, 0.5) is 11.5 Å². The number of pyridine rings is 1. The summed E-state index contributed by atoms with van der Waals surface area (Å²) in [6, 6.07) is 10.6. The van der Waals surface area contributed by atoms with Crippen LogP contribution in [-0.4, -0.2) is 22.8 Å². The molecule has 4 rings (SSSR count). The number of nitrogens with two attached hydrogens (primary N) is 1. The van der Waals surface area contributed by atoms with Crippen molar-refractivity contribution in [2.24, 2.45) is 11.7 Å². The number of nitrogens with one attached hydrogen (secondary N) is 2. The molecule has 0 aliphatic heterocycles. The van der Waals surface area contributed by atoms with Crippen LogP contribution in [0.15, 0.2) is 47.0 Å². The van der Waals surface area contributed by atoms with Gasteiger partial charge in [-0.2, -0.15) is 0 Å². The molecule has 0 unspecified atom stereocenters. The van der Waals surface area contributed by atoms with Crippen molar-refractivity contribution in [2.75, 3.05) is 10.6 Å². The third kappa shape index (κ3) is 4.26. The van der Waals surface area contributed by atoms with Gasteiger partial charge in [0.2, 0.25) is 11.7 Å². The number of carbonyl (C=O) groups excluding carboxylic acids is 2. The quantitative estimate of drug-likeness (QED) is 0.595. The molecule has 8 heteroatoms. The summed E-state index contributed by atoms with van der Waals surface area (Å²) in [7, 11) is 0. The van der Waals surface area contributed by atoms with E-state index in [1.807, 2.05) is 18.2 Å². The second kappa shape index (κ2) is 8.23. The minimum atomic E-state index is -0.503. The SMILES string of the molecule is N[C@H]1CC[C@H](C(=O)Nc2c(C(=O)Nc3ccc(Cl)cn3)oc3ccccc23)CC1. The second-order valence-corrected chi connectivity index (χ2v) is 7.66. The van der Waals surface area contributed by atoms with Gasteiger partial charge in [-0.05, 0) is 49.9 Å². The van der Waals surface area contributed by atoms with Crippen LogP contribution in [0.3, 0.4) is 0 Å². The van der Waals surface area contributed by atoms with Gasteiger partial charge in [0.15, 0.2) is 0 Å². The smallest absolute Gasteiger partial charge is 0.294 e. The van der Waals surface area contributed by atoms with Crippen LogP contribution in [0.25, 0.3) is 11.0 Å². The maximum absolute atomic E-state index is 12.8. The monoisotopic (exact) mass is 412 g/mol. The van der Waals surface area contributed by atoms with Gasteiger partial charge >= 0.3 is 0 Å². The Morgan fingerprint density at radius 3 is 2.55 bits per heavy atom. The lowest BCUT2D eigenvalue weighted by molar-refractivity contribution is -0.120. The van der Waals surface area contributed by atoms with Crippen molar-refractivity contribution in [3.63, 3.8) is 0 Å². The number of anilines is 2.